The van der Waals surface area contributed by atoms with Crippen LogP contribution in [0.15, 0.2) is 28.0 Å². The molecule has 2 atom stereocenters. The molecule has 1 aromatic rings. The number of fused-ring (bicyclic) bond motifs is 2. The largest absolute Gasteiger partial charge is 0.338 e. The van der Waals surface area contributed by atoms with E-state index in [0.717, 1.165) is 50.0 Å². The van der Waals surface area contributed by atoms with Gasteiger partial charge in [0, 0.05) is 30.6 Å². The summed E-state index contributed by atoms with van der Waals surface area (Å²) in [6, 6.07) is 5.33. The monoisotopic (exact) mass is 491 g/mol. The highest BCUT2D eigenvalue weighted by Crippen LogP contribution is 2.39. The molecule has 3 heterocycles. The number of carbonyl (C=O) groups excluding carboxylic acids is 2. The van der Waals surface area contributed by atoms with Gasteiger partial charge in [-0.05, 0) is 62.6 Å². The van der Waals surface area contributed by atoms with Gasteiger partial charge in [-0.15, -0.1) is 11.8 Å². The molecule has 3 aliphatic heterocycles. The highest BCUT2D eigenvalue weighted by molar-refractivity contribution is 8.00. The van der Waals surface area contributed by atoms with E-state index in [2.05, 4.69) is 0 Å². The zero-order valence-electron chi connectivity index (χ0n) is 19.1. The van der Waals surface area contributed by atoms with Crippen LogP contribution in [0.25, 0.3) is 0 Å². The van der Waals surface area contributed by atoms with Crippen LogP contribution in [-0.2, 0) is 19.6 Å². The van der Waals surface area contributed by atoms with Crippen LogP contribution in [0.3, 0.4) is 0 Å². The molecule has 33 heavy (non-hydrogen) atoms. The van der Waals surface area contributed by atoms with Crippen LogP contribution < -0.4 is 4.90 Å². The lowest BCUT2D eigenvalue weighted by Gasteiger charge is -2.44. The average Bonchev–Trinajstić information content (AvgIpc) is 2.85. The highest BCUT2D eigenvalue weighted by atomic mass is 32.2. The molecule has 0 spiro atoms. The zero-order chi connectivity index (χ0) is 23.0. The summed E-state index contributed by atoms with van der Waals surface area (Å²) in [4.78, 5) is 30.9. The molecule has 0 radical (unpaired) electrons. The number of nitrogens with zero attached hydrogens (tertiary/aromatic N) is 3. The fraction of sp³-hybridized carbons (Fsp3) is 0.667. The van der Waals surface area contributed by atoms with Gasteiger partial charge in [0.2, 0.25) is 21.8 Å². The maximum atomic E-state index is 13.4. The van der Waals surface area contributed by atoms with Gasteiger partial charge in [0.25, 0.3) is 0 Å². The molecule has 3 fully saturated rings. The van der Waals surface area contributed by atoms with Crippen molar-refractivity contribution in [3.8, 4) is 0 Å². The molecule has 5 rings (SSSR count). The van der Waals surface area contributed by atoms with Crippen LogP contribution in [0.5, 0.6) is 0 Å². The van der Waals surface area contributed by atoms with Gasteiger partial charge >= 0.3 is 0 Å². The summed E-state index contributed by atoms with van der Waals surface area (Å²) in [6.45, 7) is 1.81. The minimum absolute atomic E-state index is 0.0111. The first-order valence-electron chi connectivity index (χ1n) is 12.3. The molecule has 2 saturated heterocycles. The second-order valence-corrected chi connectivity index (χ2v) is 12.7. The highest BCUT2D eigenvalue weighted by Gasteiger charge is 2.38. The number of amides is 2. The van der Waals surface area contributed by atoms with Gasteiger partial charge in [0.05, 0.1) is 16.3 Å². The van der Waals surface area contributed by atoms with E-state index in [1.165, 1.54) is 35.9 Å². The zero-order valence-corrected chi connectivity index (χ0v) is 20.7. The minimum atomic E-state index is -3.61. The number of hydrogen-bond acceptors (Lipinski definition) is 5. The van der Waals surface area contributed by atoms with E-state index in [4.69, 9.17) is 0 Å². The summed E-state index contributed by atoms with van der Waals surface area (Å²) in [5.74, 6) is 0.704. The number of rotatable bonds is 4. The predicted molar refractivity (Wildman–Crippen MR) is 129 cm³/mol. The molecule has 2 amide bonds. The first kappa shape index (κ1) is 23.2. The van der Waals surface area contributed by atoms with Crippen LogP contribution >= 0.6 is 11.8 Å². The van der Waals surface area contributed by atoms with Crippen LogP contribution in [-0.4, -0.2) is 67.4 Å². The van der Waals surface area contributed by atoms with Gasteiger partial charge in [-0.1, -0.05) is 19.3 Å². The molecule has 1 saturated carbocycles. The molecule has 7 nitrogen and oxygen atoms in total. The molecule has 0 N–H and O–H groups in total. The Balaban J connectivity index is 1.40. The van der Waals surface area contributed by atoms with E-state index in [-0.39, 0.29) is 29.0 Å². The maximum absolute atomic E-state index is 13.4. The lowest BCUT2D eigenvalue weighted by atomic mass is 9.78. The van der Waals surface area contributed by atoms with Crippen LogP contribution in [0.2, 0.25) is 0 Å². The van der Waals surface area contributed by atoms with Crippen molar-refractivity contribution in [1.82, 2.24) is 9.21 Å². The van der Waals surface area contributed by atoms with Crippen molar-refractivity contribution in [3.05, 3.63) is 18.2 Å². The number of anilines is 1. The van der Waals surface area contributed by atoms with E-state index in [9.17, 15) is 18.0 Å². The quantitative estimate of drug-likeness (QED) is 0.644. The van der Waals surface area contributed by atoms with Crippen LogP contribution in [0.1, 0.15) is 57.8 Å². The fourth-order valence-electron chi connectivity index (χ4n) is 5.93. The normalized spacial score (nSPS) is 26.6. The molecule has 0 bridgehead atoms. The van der Waals surface area contributed by atoms with E-state index >= 15 is 0 Å². The summed E-state index contributed by atoms with van der Waals surface area (Å²) >= 11 is 1.41. The summed E-state index contributed by atoms with van der Waals surface area (Å²) < 4.78 is 28.0. The first-order valence-corrected chi connectivity index (χ1v) is 14.7. The molecular weight excluding hydrogens is 458 g/mol. The summed E-state index contributed by atoms with van der Waals surface area (Å²) in [7, 11) is -3.61. The second-order valence-electron chi connectivity index (χ2n) is 9.70. The van der Waals surface area contributed by atoms with E-state index in [1.54, 1.807) is 22.5 Å². The Bertz CT molecular complexity index is 1020. The Labute approximate surface area is 200 Å². The summed E-state index contributed by atoms with van der Waals surface area (Å²) in [6.07, 6.45) is 9.64. The van der Waals surface area contributed by atoms with Gasteiger partial charge in [0.1, 0.15) is 6.54 Å². The topological polar surface area (TPSA) is 78.0 Å². The van der Waals surface area contributed by atoms with Crippen molar-refractivity contribution < 1.29 is 18.0 Å². The molecular formula is C24H33N3O4S2. The van der Waals surface area contributed by atoms with Gasteiger partial charge in [-0.3, -0.25) is 9.59 Å². The Hall–Kier alpha value is -1.58. The molecule has 1 aliphatic carbocycles. The van der Waals surface area contributed by atoms with Gasteiger partial charge in [-0.25, -0.2) is 8.42 Å². The van der Waals surface area contributed by atoms with Crippen molar-refractivity contribution in [2.24, 2.45) is 5.92 Å². The SMILES string of the molecule is O=C1CSc2ccc(S(=O)(=O)N3CCCCC3)cc2N1CC(=O)N1CCC[C@H]2CCCC[C@H]21. The van der Waals surface area contributed by atoms with Gasteiger partial charge < -0.3 is 9.80 Å². The van der Waals surface area contributed by atoms with Crippen molar-refractivity contribution in [1.29, 1.82) is 0 Å². The standard InChI is InChI=1S/C24H33N3O4S2/c28-23(26-14-6-8-18-7-2-3-9-20(18)26)16-27-21-15-19(10-11-22(21)32-17-24(27)29)33(30,31)25-12-4-1-5-13-25/h10-11,15,18,20H,1-9,12-14,16-17H2/t18-,20-/m1/s1. The van der Waals surface area contributed by atoms with E-state index < -0.39 is 10.0 Å². The van der Waals surface area contributed by atoms with Crippen molar-refractivity contribution >= 4 is 39.3 Å². The number of sulfonamides is 1. The van der Waals surface area contributed by atoms with E-state index in [0.29, 0.717) is 30.7 Å². The Kier molecular flexibility index (Phi) is 6.73. The minimum Gasteiger partial charge on any atom is -0.338 e. The van der Waals surface area contributed by atoms with Crippen LogP contribution in [0, 0.1) is 5.92 Å². The van der Waals surface area contributed by atoms with Crippen molar-refractivity contribution in [2.45, 2.75) is 73.6 Å². The molecule has 1 aromatic carbocycles. The number of carbonyl (C=O) groups is 2. The lowest BCUT2D eigenvalue weighted by Crippen LogP contribution is -2.53. The Morgan fingerprint density at radius 1 is 0.970 bits per heavy atom. The first-order chi connectivity index (χ1) is 15.9. The number of hydrogen-bond donors (Lipinski definition) is 0. The molecule has 9 heteroatoms. The van der Waals surface area contributed by atoms with E-state index in [1.807, 2.05) is 4.90 Å². The van der Waals surface area contributed by atoms with Gasteiger partial charge in [0.15, 0.2) is 0 Å². The molecule has 180 valence electrons. The lowest BCUT2D eigenvalue weighted by molar-refractivity contribution is -0.137. The number of likely N-dealkylation sites (tertiary alicyclic amines) is 1. The van der Waals surface area contributed by atoms with Crippen molar-refractivity contribution in [2.75, 3.05) is 36.8 Å². The number of piperidine rings is 2. The fourth-order valence-corrected chi connectivity index (χ4v) is 8.38. The third-order valence-electron chi connectivity index (χ3n) is 7.68. The number of benzene rings is 1. The van der Waals surface area contributed by atoms with Crippen molar-refractivity contribution in [3.63, 3.8) is 0 Å². The summed E-state index contributed by atoms with van der Waals surface area (Å²) in [5, 5.41) is 0. The Morgan fingerprint density at radius 3 is 2.55 bits per heavy atom. The average molecular weight is 492 g/mol. The Morgan fingerprint density at radius 2 is 1.73 bits per heavy atom. The second kappa shape index (κ2) is 9.58. The molecule has 0 unspecified atom stereocenters. The third kappa shape index (κ3) is 4.56. The molecule has 4 aliphatic rings. The van der Waals surface area contributed by atoms with Crippen LogP contribution in [0.4, 0.5) is 5.69 Å². The molecule has 0 aromatic heterocycles. The predicted octanol–water partition coefficient (Wildman–Crippen LogP) is 3.48. The smallest absolute Gasteiger partial charge is 0.243 e. The maximum Gasteiger partial charge on any atom is 0.243 e. The number of thioether (sulfide) groups is 1. The van der Waals surface area contributed by atoms with Gasteiger partial charge in [-0.2, -0.15) is 4.31 Å². The summed E-state index contributed by atoms with van der Waals surface area (Å²) in [5.41, 5.74) is 0.555. The third-order valence-corrected chi connectivity index (χ3v) is 10.6.